The number of phosphoric ester groups is 2. The molecule has 540 valence electrons. The maximum Gasteiger partial charge on any atom is 0.472 e. The van der Waals surface area contributed by atoms with Crippen molar-refractivity contribution in [3.63, 3.8) is 0 Å². The molecule has 0 aliphatic carbocycles. The Morgan fingerprint density at radius 3 is 0.780 bits per heavy atom. The van der Waals surface area contributed by atoms with E-state index in [1.54, 1.807) is 0 Å². The number of hydrogen-bond acceptors (Lipinski definition) is 15. The lowest BCUT2D eigenvalue weighted by Gasteiger charge is -2.21. The van der Waals surface area contributed by atoms with Gasteiger partial charge in [-0.3, -0.25) is 37.3 Å². The lowest BCUT2D eigenvalue weighted by molar-refractivity contribution is -0.161. The van der Waals surface area contributed by atoms with E-state index < -0.39 is 97.5 Å². The number of carbonyl (C=O) groups is 4. The van der Waals surface area contributed by atoms with Crippen LogP contribution in [0.15, 0.2) is 0 Å². The van der Waals surface area contributed by atoms with Gasteiger partial charge in [0.1, 0.15) is 19.3 Å². The first-order chi connectivity index (χ1) is 43.9. The highest BCUT2D eigenvalue weighted by Crippen LogP contribution is 2.45. The van der Waals surface area contributed by atoms with Crippen LogP contribution in [0.4, 0.5) is 0 Å². The number of esters is 4. The van der Waals surface area contributed by atoms with Crippen LogP contribution in [0.3, 0.4) is 0 Å². The van der Waals surface area contributed by atoms with Gasteiger partial charge in [0.25, 0.3) is 0 Å². The Hall–Kier alpha value is -1.94. The molecule has 91 heavy (non-hydrogen) atoms. The Morgan fingerprint density at radius 1 is 0.308 bits per heavy atom. The molecule has 0 aliphatic heterocycles. The van der Waals surface area contributed by atoms with Crippen LogP contribution in [0.25, 0.3) is 0 Å². The second-order valence-electron chi connectivity index (χ2n) is 26.5. The quantitative estimate of drug-likeness (QED) is 0.0222. The smallest absolute Gasteiger partial charge is 0.462 e. The van der Waals surface area contributed by atoms with Gasteiger partial charge in [-0.1, -0.05) is 318 Å². The third-order valence-electron chi connectivity index (χ3n) is 17.4. The predicted molar refractivity (Wildman–Crippen MR) is 368 cm³/mol. The molecule has 0 saturated heterocycles. The molecule has 0 bridgehead atoms. The molecule has 0 saturated carbocycles. The Bertz CT molecular complexity index is 1770. The number of carbonyl (C=O) groups excluding carboxylic acids is 4. The molecular weight excluding hydrogens is 1200 g/mol. The third-order valence-corrected chi connectivity index (χ3v) is 19.3. The van der Waals surface area contributed by atoms with Gasteiger partial charge in [0.15, 0.2) is 12.2 Å². The molecule has 0 aliphatic rings. The lowest BCUT2D eigenvalue weighted by Crippen LogP contribution is -2.30. The largest absolute Gasteiger partial charge is 0.472 e. The molecule has 19 heteroatoms. The zero-order valence-electron chi connectivity index (χ0n) is 59.1. The van der Waals surface area contributed by atoms with E-state index in [9.17, 15) is 43.2 Å². The molecule has 0 heterocycles. The molecule has 0 amide bonds. The molecule has 17 nitrogen and oxygen atoms in total. The van der Waals surface area contributed by atoms with Gasteiger partial charge in [0, 0.05) is 25.7 Å². The number of phosphoric acid groups is 2. The maximum atomic E-state index is 13.0. The first-order valence-electron chi connectivity index (χ1n) is 37.6. The Morgan fingerprint density at radius 2 is 0.527 bits per heavy atom. The van der Waals surface area contributed by atoms with Crippen molar-refractivity contribution in [3.8, 4) is 0 Å². The maximum absolute atomic E-state index is 13.0. The second kappa shape index (κ2) is 64.1. The fourth-order valence-electron chi connectivity index (χ4n) is 10.9. The van der Waals surface area contributed by atoms with Crippen molar-refractivity contribution >= 4 is 39.5 Å². The molecule has 0 aromatic heterocycles. The van der Waals surface area contributed by atoms with Gasteiger partial charge in [-0.05, 0) is 37.5 Å². The molecule has 0 aromatic rings. The standard InChI is InChI=1S/C72H140O17P2/c1-7-11-13-15-17-18-19-20-24-27-30-37-43-49-55-70(75)83-61-68(88-71(76)56-50-44-38-31-28-25-22-21-23-26-29-35-40-46-52-64(5)9-3)63-87-91(80,81)85-59-66(73)58-84-90(78,79)86-62-67(60-82-69(74)54-48-42-34-16-14-12-8-2)89-72(77)57-51-45-39-33-32-36-41-47-53-65(6)10-4/h64-68,73H,7-63H2,1-6H3,(H,78,79)(H,80,81)/t64?,65?,66-,67+,68+/m0/s1. The van der Waals surface area contributed by atoms with Crippen LogP contribution < -0.4 is 0 Å². The number of aliphatic hydroxyl groups excluding tert-OH is 1. The van der Waals surface area contributed by atoms with E-state index >= 15 is 0 Å². The number of ether oxygens (including phenoxy) is 4. The average molecular weight is 1340 g/mol. The summed E-state index contributed by atoms with van der Waals surface area (Å²) in [5.74, 6) is -0.510. The fraction of sp³-hybridized carbons (Fsp3) is 0.944. The highest BCUT2D eigenvalue weighted by molar-refractivity contribution is 7.47. The number of hydrogen-bond donors (Lipinski definition) is 3. The van der Waals surface area contributed by atoms with Gasteiger partial charge in [-0.25, -0.2) is 9.13 Å². The minimum absolute atomic E-state index is 0.105. The van der Waals surface area contributed by atoms with Crippen molar-refractivity contribution in [3.05, 3.63) is 0 Å². The molecule has 0 radical (unpaired) electrons. The molecule has 0 spiro atoms. The minimum atomic E-state index is -4.95. The SMILES string of the molecule is CCCCCCCCCCCCCCCCC(=O)OC[C@H](COP(=O)(O)OC[C@@H](O)COP(=O)(O)OC[C@@H](COC(=O)CCCCCCCCC)OC(=O)CCCCCCCCCCC(C)CC)OC(=O)CCCCCCCCCCCCCCCCC(C)CC. The molecule has 0 rings (SSSR count). The van der Waals surface area contributed by atoms with Gasteiger partial charge in [0.05, 0.1) is 26.4 Å². The Labute approximate surface area is 556 Å². The van der Waals surface area contributed by atoms with Gasteiger partial charge >= 0.3 is 39.5 Å². The summed E-state index contributed by atoms with van der Waals surface area (Å²) in [5.41, 5.74) is 0. The summed E-state index contributed by atoms with van der Waals surface area (Å²) in [6, 6.07) is 0. The zero-order valence-corrected chi connectivity index (χ0v) is 60.9. The Kier molecular flexibility index (Phi) is 62.7. The van der Waals surface area contributed by atoms with Crippen LogP contribution in [0.5, 0.6) is 0 Å². The average Bonchev–Trinajstić information content (AvgIpc) is 3.31. The summed E-state index contributed by atoms with van der Waals surface area (Å²) >= 11 is 0. The normalized spacial score (nSPS) is 14.7. The summed E-state index contributed by atoms with van der Waals surface area (Å²) in [6.07, 6.45) is 49.9. The van der Waals surface area contributed by atoms with E-state index in [1.807, 2.05) is 0 Å². The first kappa shape index (κ1) is 89.1. The zero-order chi connectivity index (χ0) is 67.2. The summed E-state index contributed by atoms with van der Waals surface area (Å²) in [4.78, 5) is 72.5. The lowest BCUT2D eigenvalue weighted by atomic mass is 9.99. The molecule has 4 unspecified atom stereocenters. The molecule has 3 N–H and O–H groups in total. The highest BCUT2D eigenvalue weighted by Gasteiger charge is 2.30. The molecule has 7 atom stereocenters. The van der Waals surface area contributed by atoms with E-state index in [4.69, 9.17) is 37.0 Å². The van der Waals surface area contributed by atoms with Crippen LogP contribution in [-0.4, -0.2) is 96.7 Å². The third kappa shape index (κ3) is 63.9. The van der Waals surface area contributed by atoms with Gasteiger partial charge in [-0.15, -0.1) is 0 Å². The monoisotopic (exact) mass is 1340 g/mol. The van der Waals surface area contributed by atoms with Crippen molar-refractivity contribution in [2.75, 3.05) is 39.6 Å². The van der Waals surface area contributed by atoms with E-state index in [-0.39, 0.29) is 25.7 Å². The highest BCUT2D eigenvalue weighted by atomic mass is 31.2. The van der Waals surface area contributed by atoms with Crippen molar-refractivity contribution in [1.29, 1.82) is 0 Å². The van der Waals surface area contributed by atoms with Gasteiger partial charge < -0.3 is 33.8 Å². The van der Waals surface area contributed by atoms with Crippen molar-refractivity contribution in [2.24, 2.45) is 11.8 Å². The van der Waals surface area contributed by atoms with E-state index in [0.717, 1.165) is 115 Å². The van der Waals surface area contributed by atoms with Crippen LogP contribution in [0.1, 0.15) is 369 Å². The van der Waals surface area contributed by atoms with Crippen LogP contribution >= 0.6 is 15.6 Å². The summed E-state index contributed by atoms with van der Waals surface area (Å²) in [5, 5.41) is 10.6. The topological polar surface area (TPSA) is 237 Å². The van der Waals surface area contributed by atoms with Crippen molar-refractivity contribution in [1.82, 2.24) is 0 Å². The first-order valence-corrected chi connectivity index (χ1v) is 40.6. The number of aliphatic hydroxyl groups is 1. The van der Waals surface area contributed by atoms with Gasteiger partial charge in [-0.2, -0.15) is 0 Å². The summed E-state index contributed by atoms with van der Waals surface area (Å²) in [7, 11) is -9.90. The summed E-state index contributed by atoms with van der Waals surface area (Å²) < 4.78 is 68.3. The van der Waals surface area contributed by atoms with Crippen LogP contribution in [0.2, 0.25) is 0 Å². The van der Waals surface area contributed by atoms with E-state index in [1.165, 1.54) is 173 Å². The Balaban J connectivity index is 5.21. The van der Waals surface area contributed by atoms with E-state index in [2.05, 4.69) is 41.5 Å². The molecule has 0 aromatic carbocycles. The fourth-order valence-corrected chi connectivity index (χ4v) is 12.5. The van der Waals surface area contributed by atoms with Crippen LogP contribution in [-0.2, 0) is 65.4 Å². The van der Waals surface area contributed by atoms with E-state index in [0.29, 0.717) is 25.7 Å². The number of unbranched alkanes of at least 4 members (excludes halogenated alkanes) is 39. The molecule has 0 fully saturated rings. The minimum Gasteiger partial charge on any atom is -0.462 e. The number of rotatable bonds is 71. The van der Waals surface area contributed by atoms with Crippen molar-refractivity contribution in [2.45, 2.75) is 387 Å². The van der Waals surface area contributed by atoms with Crippen LogP contribution in [0, 0.1) is 11.8 Å². The van der Waals surface area contributed by atoms with Gasteiger partial charge in [0.2, 0.25) is 0 Å². The predicted octanol–water partition coefficient (Wildman–Crippen LogP) is 20.8. The summed E-state index contributed by atoms with van der Waals surface area (Å²) in [6.45, 7) is 9.58. The second-order valence-corrected chi connectivity index (χ2v) is 29.4. The van der Waals surface area contributed by atoms with Crippen molar-refractivity contribution < 1.29 is 80.2 Å². The molecular formula is C72H140O17P2.